The van der Waals surface area contributed by atoms with Crippen LogP contribution in [0.2, 0.25) is 0 Å². The van der Waals surface area contributed by atoms with Crippen molar-refractivity contribution < 1.29 is 19.1 Å². The predicted molar refractivity (Wildman–Crippen MR) is 122 cm³/mol. The van der Waals surface area contributed by atoms with Crippen LogP contribution in [-0.2, 0) is 9.53 Å². The molecule has 0 saturated heterocycles. The first-order chi connectivity index (χ1) is 16.1. The standard InChI is InChI=1S/C26H21N3O4/c1-32-22-13-11-20(12-14-22)24-15-23(19-5-3-2-4-6-19)28-29(24)25(30)17-33-26(31)21-9-7-18(16-27)8-10-21/h2-14,24H,15,17H2,1H3. The fraction of sp³-hybridized carbons (Fsp3) is 0.154. The number of carbonyl (C=O) groups is 2. The second kappa shape index (κ2) is 9.79. The minimum absolute atomic E-state index is 0.267. The topological polar surface area (TPSA) is 92.0 Å². The molecule has 0 aliphatic carbocycles. The van der Waals surface area contributed by atoms with Crippen LogP contribution in [0.5, 0.6) is 5.75 Å². The molecule has 3 aromatic carbocycles. The zero-order chi connectivity index (χ0) is 23.2. The number of hydrazone groups is 1. The molecule has 0 bridgehead atoms. The van der Waals surface area contributed by atoms with Crippen molar-refractivity contribution in [1.82, 2.24) is 5.01 Å². The van der Waals surface area contributed by atoms with Gasteiger partial charge in [-0.3, -0.25) is 4.79 Å². The van der Waals surface area contributed by atoms with Crippen molar-refractivity contribution in [3.63, 3.8) is 0 Å². The second-order valence-corrected chi connectivity index (χ2v) is 7.41. The lowest BCUT2D eigenvalue weighted by Crippen LogP contribution is -2.31. The zero-order valence-corrected chi connectivity index (χ0v) is 18.0. The number of benzene rings is 3. The lowest BCUT2D eigenvalue weighted by atomic mass is 9.98. The van der Waals surface area contributed by atoms with E-state index in [1.54, 1.807) is 7.11 Å². The number of hydrogen-bond acceptors (Lipinski definition) is 6. The van der Waals surface area contributed by atoms with Gasteiger partial charge in [-0.05, 0) is 47.5 Å². The van der Waals surface area contributed by atoms with Crippen molar-refractivity contribution in [2.24, 2.45) is 5.10 Å². The highest BCUT2D eigenvalue weighted by Crippen LogP contribution is 2.33. The molecule has 0 spiro atoms. The summed E-state index contributed by atoms with van der Waals surface area (Å²) in [5.74, 6) is -0.348. The van der Waals surface area contributed by atoms with Crippen molar-refractivity contribution in [3.05, 3.63) is 101 Å². The number of carbonyl (C=O) groups excluding carboxylic acids is 2. The van der Waals surface area contributed by atoms with Crippen molar-refractivity contribution >= 4 is 17.6 Å². The molecule has 1 aliphatic heterocycles. The van der Waals surface area contributed by atoms with E-state index in [2.05, 4.69) is 5.10 Å². The average molecular weight is 439 g/mol. The molecule has 0 N–H and O–H groups in total. The Hall–Kier alpha value is -4.44. The number of nitriles is 1. The predicted octanol–water partition coefficient (Wildman–Crippen LogP) is 4.10. The van der Waals surface area contributed by atoms with Crippen LogP contribution in [0.15, 0.2) is 84.0 Å². The first kappa shape index (κ1) is 21.8. The molecule has 0 aromatic heterocycles. The molecule has 1 unspecified atom stereocenters. The van der Waals surface area contributed by atoms with E-state index in [-0.39, 0.29) is 11.6 Å². The summed E-state index contributed by atoms with van der Waals surface area (Å²) < 4.78 is 10.5. The highest BCUT2D eigenvalue weighted by molar-refractivity contribution is 6.03. The fourth-order valence-corrected chi connectivity index (χ4v) is 3.59. The van der Waals surface area contributed by atoms with Gasteiger partial charge in [-0.15, -0.1) is 0 Å². The van der Waals surface area contributed by atoms with E-state index in [4.69, 9.17) is 14.7 Å². The van der Waals surface area contributed by atoms with E-state index in [1.165, 1.54) is 29.3 Å². The van der Waals surface area contributed by atoms with Crippen molar-refractivity contribution in [3.8, 4) is 11.8 Å². The summed E-state index contributed by atoms with van der Waals surface area (Å²) in [4.78, 5) is 25.4. The van der Waals surface area contributed by atoms with Crippen molar-refractivity contribution in [2.75, 3.05) is 13.7 Å². The van der Waals surface area contributed by atoms with Gasteiger partial charge in [0.25, 0.3) is 5.91 Å². The molecule has 1 atom stereocenters. The molecule has 7 nitrogen and oxygen atoms in total. The first-order valence-corrected chi connectivity index (χ1v) is 10.3. The molecule has 33 heavy (non-hydrogen) atoms. The number of amides is 1. The largest absolute Gasteiger partial charge is 0.497 e. The van der Waals surface area contributed by atoms with Crippen LogP contribution in [0, 0.1) is 11.3 Å². The van der Waals surface area contributed by atoms with Gasteiger partial charge in [0, 0.05) is 6.42 Å². The molecule has 1 amide bonds. The molecule has 164 valence electrons. The summed E-state index contributed by atoms with van der Waals surface area (Å²) >= 11 is 0. The Morgan fingerprint density at radius 2 is 1.73 bits per heavy atom. The number of ether oxygens (including phenoxy) is 2. The van der Waals surface area contributed by atoms with Gasteiger partial charge in [0.1, 0.15) is 5.75 Å². The fourth-order valence-electron chi connectivity index (χ4n) is 3.59. The molecule has 4 rings (SSSR count). The summed E-state index contributed by atoms with van der Waals surface area (Å²) in [5.41, 5.74) is 3.31. The quantitative estimate of drug-likeness (QED) is 0.539. The number of esters is 1. The Morgan fingerprint density at radius 3 is 2.36 bits per heavy atom. The number of methoxy groups -OCH3 is 1. The van der Waals surface area contributed by atoms with E-state index < -0.39 is 18.5 Å². The molecule has 7 heteroatoms. The lowest BCUT2D eigenvalue weighted by Gasteiger charge is -2.22. The Kier molecular flexibility index (Phi) is 6.46. The minimum Gasteiger partial charge on any atom is -0.497 e. The van der Waals surface area contributed by atoms with Crippen LogP contribution in [0.3, 0.4) is 0 Å². The minimum atomic E-state index is -0.639. The molecule has 1 aliphatic rings. The van der Waals surface area contributed by atoms with Crippen LogP contribution in [0.25, 0.3) is 0 Å². The first-order valence-electron chi connectivity index (χ1n) is 10.3. The monoisotopic (exact) mass is 439 g/mol. The molecule has 1 heterocycles. The number of rotatable bonds is 6. The highest BCUT2D eigenvalue weighted by Gasteiger charge is 2.33. The van der Waals surface area contributed by atoms with Gasteiger partial charge in [-0.2, -0.15) is 10.4 Å². The van der Waals surface area contributed by atoms with Crippen LogP contribution in [0.4, 0.5) is 0 Å². The van der Waals surface area contributed by atoms with Gasteiger partial charge in [-0.25, -0.2) is 9.80 Å². The lowest BCUT2D eigenvalue weighted by molar-refractivity contribution is -0.136. The van der Waals surface area contributed by atoms with Crippen molar-refractivity contribution in [1.29, 1.82) is 5.26 Å². The maximum Gasteiger partial charge on any atom is 0.338 e. The maximum absolute atomic E-state index is 13.0. The maximum atomic E-state index is 13.0. The zero-order valence-electron chi connectivity index (χ0n) is 18.0. The Morgan fingerprint density at radius 1 is 1.03 bits per heavy atom. The van der Waals surface area contributed by atoms with Crippen LogP contribution >= 0.6 is 0 Å². The van der Waals surface area contributed by atoms with Gasteiger partial charge in [0.05, 0.1) is 36.1 Å². The van der Waals surface area contributed by atoms with Gasteiger partial charge in [-0.1, -0.05) is 42.5 Å². The second-order valence-electron chi connectivity index (χ2n) is 7.41. The van der Waals surface area contributed by atoms with E-state index in [1.807, 2.05) is 60.7 Å². The van der Waals surface area contributed by atoms with Crippen LogP contribution < -0.4 is 4.74 Å². The van der Waals surface area contributed by atoms with Gasteiger partial charge < -0.3 is 9.47 Å². The third-order valence-electron chi connectivity index (χ3n) is 5.35. The van der Waals surface area contributed by atoms with Gasteiger partial charge >= 0.3 is 5.97 Å². The normalized spacial score (nSPS) is 14.8. The number of hydrogen-bond donors (Lipinski definition) is 0. The smallest absolute Gasteiger partial charge is 0.338 e. The summed E-state index contributed by atoms with van der Waals surface area (Å²) in [6.45, 7) is -0.447. The summed E-state index contributed by atoms with van der Waals surface area (Å²) in [5, 5.41) is 14.8. The summed E-state index contributed by atoms with van der Waals surface area (Å²) in [6, 6.07) is 24.8. The molecule has 0 saturated carbocycles. The average Bonchev–Trinajstić information content (AvgIpc) is 3.33. The van der Waals surface area contributed by atoms with Crippen LogP contribution in [-0.4, -0.2) is 36.3 Å². The molecular formula is C26H21N3O4. The van der Waals surface area contributed by atoms with Gasteiger partial charge in [0.15, 0.2) is 6.61 Å². The molecule has 3 aromatic rings. The van der Waals surface area contributed by atoms with Crippen molar-refractivity contribution in [2.45, 2.75) is 12.5 Å². The molecule has 0 radical (unpaired) electrons. The van der Waals surface area contributed by atoms with Gasteiger partial charge in [0.2, 0.25) is 0 Å². The molecule has 0 fully saturated rings. The number of nitrogens with zero attached hydrogens (tertiary/aromatic N) is 3. The Bertz CT molecular complexity index is 1210. The summed E-state index contributed by atoms with van der Waals surface area (Å²) in [6.07, 6.45) is 0.533. The van der Waals surface area contributed by atoms with Crippen LogP contribution in [0.1, 0.15) is 39.5 Å². The third-order valence-corrected chi connectivity index (χ3v) is 5.35. The third kappa shape index (κ3) is 4.91. The Labute approximate surface area is 191 Å². The van der Waals surface area contributed by atoms with E-state index in [0.29, 0.717) is 12.0 Å². The highest BCUT2D eigenvalue weighted by atomic mass is 16.5. The SMILES string of the molecule is COc1ccc(C2CC(c3ccccc3)=NN2C(=O)COC(=O)c2ccc(C#N)cc2)cc1. The summed E-state index contributed by atoms with van der Waals surface area (Å²) in [7, 11) is 1.60. The molecular weight excluding hydrogens is 418 g/mol. The van der Waals surface area contributed by atoms with E-state index in [0.717, 1.165) is 22.6 Å². The van der Waals surface area contributed by atoms with E-state index in [9.17, 15) is 9.59 Å². The van der Waals surface area contributed by atoms with E-state index >= 15 is 0 Å². The Balaban J connectivity index is 1.52.